The lowest BCUT2D eigenvalue weighted by Crippen LogP contribution is -2.38. The standard InChI is InChI=1S/C20H25FN4O2/c1-15(24-6-10-26-11-7-24)16-2-4-17(5-3-16)19-22-14-18(21)20(23-19)25-8-12-27-13-9-25/h2-5,14-15H,6-13H2,1H3/t15-/m0/s1. The van der Waals surface area contributed by atoms with Gasteiger partial charge in [-0.2, -0.15) is 0 Å². The van der Waals surface area contributed by atoms with Crippen LogP contribution in [0.1, 0.15) is 18.5 Å². The SMILES string of the molecule is C[C@@H](c1ccc(-c2ncc(F)c(N3CCOCC3)n2)cc1)N1CCOCC1. The summed E-state index contributed by atoms with van der Waals surface area (Å²) in [7, 11) is 0. The van der Waals surface area contributed by atoms with Gasteiger partial charge in [-0.1, -0.05) is 24.3 Å². The molecule has 0 amide bonds. The van der Waals surface area contributed by atoms with Gasteiger partial charge < -0.3 is 14.4 Å². The smallest absolute Gasteiger partial charge is 0.183 e. The number of rotatable bonds is 4. The van der Waals surface area contributed by atoms with Crippen LogP contribution in [0.3, 0.4) is 0 Å². The highest BCUT2D eigenvalue weighted by Crippen LogP contribution is 2.26. The average Bonchev–Trinajstić information content (AvgIpc) is 2.75. The molecule has 6 nitrogen and oxygen atoms in total. The van der Waals surface area contributed by atoms with Gasteiger partial charge in [0.15, 0.2) is 17.5 Å². The summed E-state index contributed by atoms with van der Waals surface area (Å²) in [5, 5.41) is 0. The van der Waals surface area contributed by atoms with Crippen LogP contribution >= 0.6 is 0 Å². The van der Waals surface area contributed by atoms with E-state index in [-0.39, 0.29) is 0 Å². The number of ether oxygens (including phenoxy) is 2. The van der Waals surface area contributed by atoms with Crippen molar-refractivity contribution in [3.63, 3.8) is 0 Å². The Balaban J connectivity index is 1.53. The minimum atomic E-state index is -0.391. The zero-order chi connectivity index (χ0) is 18.6. The van der Waals surface area contributed by atoms with E-state index < -0.39 is 5.82 Å². The van der Waals surface area contributed by atoms with Crippen molar-refractivity contribution in [2.24, 2.45) is 0 Å². The lowest BCUT2D eigenvalue weighted by atomic mass is 10.0. The van der Waals surface area contributed by atoms with E-state index in [0.717, 1.165) is 31.9 Å². The summed E-state index contributed by atoms with van der Waals surface area (Å²) in [5.74, 6) is 0.510. The van der Waals surface area contributed by atoms with Crippen molar-refractivity contribution < 1.29 is 13.9 Å². The highest BCUT2D eigenvalue weighted by Gasteiger charge is 2.20. The number of benzene rings is 1. The molecule has 144 valence electrons. The summed E-state index contributed by atoms with van der Waals surface area (Å²) < 4.78 is 25.0. The van der Waals surface area contributed by atoms with Crippen LogP contribution in [0.25, 0.3) is 11.4 Å². The minimum Gasteiger partial charge on any atom is -0.379 e. The van der Waals surface area contributed by atoms with E-state index in [9.17, 15) is 4.39 Å². The third kappa shape index (κ3) is 4.10. The van der Waals surface area contributed by atoms with Crippen LogP contribution in [-0.2, 0) is 9.47 Å². The van der Waals surface area contributed by atoms with Crippen LogP contribution in [-0.4, -0.2) is 67.5 Å². The first-order chi connectivity index (χ1) is 13.2. The van der Waals surface area contributed by atoms with Gasteiger partial charge in [0.1, 0.15) is 0 Å². The lowest BCUT2D eigenvalue weighted by molar-refractivity contribution is 0.0198. The van der Waals surface area contributed by atoms with Crippen molar-refractivity contribution >= 4 is 5.82 Å². The Hall–Kier alpha value is -2.09. The normalized spacial score (nSPS) is 19.9. The van der Waals surface area contributed by atoms with E-state index in [2.05, 4.69) is 33.9 Å². The highest BCUT2D eigenvalue weighted by atomic mass is 19.1. The summed E-state index contributed by atoms with van der Waals surface area (Å²) in [6, 6.07) is 8.58. The van der Waals surface area contributed by atoms with Crippen molar-refractivity contribution in [3.8, 4) is 11.4 Å². The lowest BCUT2D eigenvalue weighted by Gasteiger charge is -2.32. The molecular formula is C20H25FN4O2. The molecule has 2 aliphatic rings. The number of nitrogens with zero attached hydrogens (tertiary/aromatic N) is 4. The molecule has 27 heavy (non-hydrogen) atoms. The molecule has 7 heteroatoms. The van der Waals surface area contributed by atoms with E-state index in [1.807, 2.05) is 17.0 Å². The first-order valence-electron chi connectivity index (χ1n) is 9.50. The van der Waals surface area contributed by atoms with Gasteiger partial charge >= 0.3 is 0 Å². The number of morpholine rings is 2. The van der Waals surface area contributed by atoms with Gasteiger partial charge in [0.2, 0.25) is 0 Å². The van der Waals surface area contributed by atoms with E-state index >= 15 is 0 Å². The Morgan fingerprint density at radius 3 is 2.26 bits per heavy atom. The molecule has 0 N–H and O–H groups in total. The van der Waals surface area contributed by atoms with Crippen LogP contribution in [0.2, 0.25) is 0 Å². The number of hydrogen-bond acceptors (Lipinski definition) is 6. The number of anilines is 1. The zero-order valence-electron chi connectivity index (χ0n) is 15.6. The Morgan fingerprint density at radius 2 is 1.59 bits per heavy atom. The van der Waals surface area contributed by atoms with Crippen molar-refractivity contribution in [1.29, 1.82) is 0 Å². The average molecular weight is 372 g/mol. The molecular weight excluding hydrogens is 347 g/mol. The van der Waals surface area contributed by atoms with Crippen LogP contribution < -0.4 is 4.90 Å². The molecule has 0 bridgehead atoms. The van der Waals surface area contributed by atoms with Crippen LogP contribution in [0.4, 0.5) is 10.2 Å². The molecule has 0 radical (unpaired) electrons. The Kier molecular flexibility index (Phi) is 5.61. The Labute approximate surface area is 158 Å². The first kappa shape index (κ1) is 18.3. The topological polar surface area (TPSA) is 50.7 Å². The van der Waals surface area contributed by atoms with E-state index in [4.69, 9.17) is 9.47 Å². The molecule has 2 fully saturated rings. The summed E-state index contributed by atoms with van der Waals surface area (Å²) in [5.41, 5.74) is 2.14. The summed E-state index contributed by atoms with van der Waals surface area (Å²) >= 11 is 0. The third-order valence-corrected chi connectivity index (χ3v) is 5.28. The van der Waals surface area contributed by atoms with Crippen LogP contribution in [0.15, 0.2) is 30.5 Å². The number of hydrogen-bond donors (Lipinski definition) is 0. The molecule has 0 saturated carbocycles. The van der Waals surface area contributed by atoms with Crippen LogP contribution in [0.5, 0.6) is 0 Å². The molecule has 2 aliphatic heterocycles. The molecule has 2 saturated heterocycles. The second-order valence-electron chi connectivity index (χ2n) is 6.91. The Morgan fingerprint density at radius 1 is 0.963 bits per heavy atom. The molecule has 4 rings (SSSR count). The first-order valence-corrected chi connectivity index (χ1v) is 9.50. The van der Waals surface area contributed by atoms with E-state index in [0.29, 0.717) is 44.0 Å². The molecule has 0 aliphatic carbocycles. The molecule has 0 unspecified atom stereocenters. The van der Waals surface area contributed by atoms with Gasteiger partial charge in [-0.3, -0.25) is 4.90 Å². The molecule has 3 heterocycles. The van der Waals surface area contributed by atoms with Gasteiger partial charge in [-0.25, -0.2) is 14.4 Å². The second kappa shape index (κ2) is 8.29. The zero-order valence-corrected chi connectivity index (χ0v) is 15.6. The van der Waals surface area contributed by atoms with Gasteiger partial charge in [-0.15, -0.1) is 0 Å². The van der Waals surface area contributed by atoms with Crippen molar-refractivity contribution in [3.05, 3.63) is 41.8 Å². The Bertz CT molecular complexity index is 759. The van der Waals surface area contributed by atoms with Crippen molar-refractivity contribution in [1.82, 2.24) is 14.9 Å². The van der Waals surface area contributed by atoms with Gasteiger partial charge in [0.05, 0.1) is 32.6 Å². The molecule has 0 spiro atoms. The quantitative estimate of drug-likeness (QED) is 0.822. The molecule has 1 aromatic carbocycles. The molecule has 1 atom stereocenters. The maximum Gasteiger partial charge on any atom is 0.183 e. The number of halogens is 1. The predicted molar refractivity (Wildman–Crippen MR) is 101 cm³/mol. The fraction of sp³-hybridized carbons (Fsp3) is 0.500. The maximum absolute atomic E-state index is 14.2. The predicted octanol–water partition coefficient (Wildman–Crippen LogP) is 2.51. The van der Waals surface area contributed by atoms with Gasteiger partial charge in [-0.05, 0) is 12.5 Å². The summed E-state index contributed by atoms with van der Waals surface area (Å²) in [6.07, 6.45) is 1.26. The van der Waals surface area contributed by atoms with Gasteiger partial charge in [0, 0.05) is 37.8 Å². The van der Waals surface area contributed by atoms with E-state index in [1.54, 1.807) is 0 Å². The van der Waals surface area contributed by atoms with Crippen molar-refractivity contribution in [2.75, 3.05) is 57.5 Å². The molecule has 2 aromatic rings. The second-order valence-corrected chi connectivity index (χ2v) is 6.91. The monoisotopic (exact) mass is 372 g/mol. The molecule has 1 aromatic heterocycles. The number of aromatic nitrogens is 2. The van der Waals surface area contributed by atoms with Crippen LogP contribution in [0, 0.1) is 5.82 Å². The fourth-order valence-corrected chi connectivity index (χ4v) is 3.58. The maximum atomic E-state index is 14.2. The van der Waals surface area contributed by atoms with Gasteiger partial charge in [0.25, 0.3) is 0 Å². The van der Waals surface area contributed by atoms with E-state index in [1.165, 1.54) is 11.8 Å². The summed E-state index contributed by atoms with van der Waals surface area (Å²) in [6.45, 7) is 8.16. The highest BCUT2D eigenvalue weighted by molar-refractivity contribution is 5.58. The fourth-order valence-electron chi connectivity index (χ4n) is 3.58. The van der Waals surface area contributed by atoms with Crippen molar-refractivity contribution in [2.45, 2.75) is 13.0 Å². The summed E-state index contributed by atoms with van der Waals surface area (Å²) in [4.78, 5) is 13.0. The largest absolute Gasteiger partial charge is 0.379 e. The minimum absolute atomic E-state index is 0.334. The third-order valence-electron chi connectivity index (χ3n) is 5.28.